The van der Waals surface area contributed by atoms with Gasteiger partial charge in [0.1, 0.15) is 11.4 Å². The normalized spacial score (nSPS) is 14.7. The topological polar surface area (TPSA) is 79.5 Å². The number of nitrogens with one attached hydrogen (secondary N) is 3. The Morgan fingerprint density at radius 1 is 1.15 bits per heavy atom. The number of ether oxygens (including phenoxy) is 1. The second-order valence-electron chi connectivity index (χ2n) is 6.17. The van der Waals surface area contributed by atoms with Crippen LogP contribution in [0.4, 0.5) is 5.69 Å². The largest absolute Gasteiger partial charge is 0.484 e. The van der Waals surface area contributed by atoms with Crippen molar-refractivity contribution in [2.75, 3.05) is 11.9 Å². The maximum atomic E-state index is 12.1. The van der Waals surface area contributed by atoms with Crippen molar-refractivity contribution in [2.24, 2.45) is 0 Å². The number of amides is 2. The highest BCUT2D eigenvalue weighted by atomic mass is 32.1. The number of carbonyl (C=O) groups is 2. The van der Waals surface area contributed by atoms with Crippen LogP contribution in [0.2, 0.25) is 0 Å². The Balaban J connectivity index is 1.60. The number of benzene rings is 2. The lowest BCUT2D eigenvalue weighted by molar-refractivity contribution is -0.118. The zero-order chi connectivity index (χ0) is 19.4. The van der Waals surface area contributed by atoms with Crippen LogP contribution >= 0.6 is 12.2 Å². The Bertz CT molecular complexity index is 953. The first kappa shape index (κ1) is 18.6. The van der Waals surface area contributed by atoms with Gasteiger partial charge >= 0.3 is 0 Å². The molecule has 1 heterocycles. The van der Waals surface area contributed by atoms with E-state index in [0.717, 1.165) is 16.8 Å². The van der Waals surface area contributed by atoms with Crippen LogP contribution in [0.5, 0.6) is 5.75 Å². The molecule has 3 rings (SSSR count). The molecule has 27 heavy (non-hydrogen) atoms. The third kappa shape index (κ3) is 4.92. The van der Waals surface area contributed by atoms with Crippen molar-refractivity contribution in [3.8, 4) is 5.75 Å². The summed E-state index contributed by atoms with van der Waals surface area (Å²) in [6.45, 7) is 3.90. The molecule has 0 unspecified atom stereocenters. The highest BCUT2D eigenvalue weighted by Gasteiger charge is 2.19. The molecule has 0 bridgehead atoms. The fourth-order valence-electron chi connectivity index (χ4n) is 2.51. The van der Waals surface area contributed by atoms with Crippen molar-refractivity contribution in [3.63, 3.8) is 0 Å². The Morgan fingerprint density at radius 2 is 1.96 bits per heavy atom. The van der Waals surface area contributed by atoms with E-state index in [0.29, 0.717) is 11.4 Å². The Labute approximate surface area is 162 Å². The molecule has 3 N–H and O–H groups in total. The van der Waals surface area contributed by atoms with Gasteiger partial charge in [-0.1, -0.05) is 18.2 Å². The molecule has 138 valence electrons. The van der Waals surface area contributed by atoms with E-state index in [-0.39, 0.29) is 23.5 Å². The molecule has 1 fully saturated rings. The molecule has 0 aromatic heterocycles. The molecule has 2 amide bonds. The average molecular weight is 381 g/mol. The van der Waals surface area contributed by atoms with Crippen LogP contribution in [-0.2, 0) is 9.59 Å². The minimum atomic E-state index is -0.279. The van der Waals surface area contributed by atoms with E-state index in [9.17, 15) is 9.59 Å². The van der Waals surface area contributed by atoms with Crippen LogP contribution < -0.4 is 20.7 Å². The number of aryl methyl sites for hydroxylation is 2. The second-order valence-corrected chi connectivity index (χ2v) is 6.58. The van der Waals surface area contributed by atoms with Crippen LogP contribution in [0.3, 0.4) is 0 Å². The molecule has 7 heteroatoms. The SMILES string of the molecule is Cc1ccc(NC(=O)COc2cccc(/C=C3/NC(=S)NC3=O)c2)cc1C. The molecule has 0 saturated carbocycles. The zero-order valence-corrected chi connectivity index (χ0v) is 15.8. The molecule has 6 nitrogen and oxygen atoms in total. The highest BCUT2D eigenvalue weighted by Crippen LogP contribution is 2.17. The van der Waals surface area contributed by atoms with Gasteiger partial charge in [0.05, 0.1) is 0 Å². The van der Waals surface area contributed by atoms with Gasteiger partial charge in [-0.15, -0.1) is 0 Å². The molecule has 0 atom stereocenters. The third-order valence-corrected chi connectivity index (χ3v) is 4.25. The van der Waals surface area contributed by atoms with E-state index in [1.54, 1.807) is 24.3 Å². The van der Waals surface area contributed by atoms with Crippen LogP contribution in [0.15, 0.2) is 48.2 Å². The molecule has 1 aliphatic heterocycles. The maximum absolute atomic E-state index is 12.1. The van der Waals surface area contributed by atoms with E-state index >= 15 is 0 Å². The van der Waals surface area contributed by atoms with Gasteiger partial charge in [-0.3, -0.25) is 14.9 Å². The van der Waals surface area contributed by atoms with Gasteiger partial charge in [-0.25, -0.2) is 0 Å². The van der Waals surface area contributed by atoms with Crippen LogP contribution in [0.1, 0.15) is 16.7 Å². The first-order chi connectivity index (χ1) is 12.9. The first-order valence-corrected chi connectivity index (χ1v) is 8.75. The molecule has 2 aromatic carbocycles. The third-order valence-electron chi connectivity index (χ3n) is 4.05. The summed E-state index contributed by atoms with van der Waals surface area (Å²) in [5, 5.41) is 8.38. The minimum absolute atomic E-state index is 0.115. The maximum Gasteiger partial charge on any atom is 0.273 e. The Morgan fingerprint density at radius 3 is 2.67 bits per heavy atom. The zero-order valence-electron chi connectivity index (χ0n) is 15.0. The van der Waals surface area contributed by atoms with Crippen molar-refractivity contribution < 1.29 is 14.3 Å². The van der Waals surface area contributed by atoms with Gasteiger partial charge in [0, 0.05) is 5.69 Å². The van der Waals surface area contributed by atoms with E-state index in [1.807, 2.05) is 38.1 Å². The van der Waals surface area contributed by atoms with Crippen LogP contribution in [-0.4, -0.2) is 23.5 Å². The summed E-state index contributed by atoms with van der Waals surface area (Å²) in [6.07, 6.45) is 1.66. The first-order valence-electron chi connectivity index (χ1n) is 8.35. The Kier molecular flexibility index (Phi) is 5.52. The highest BCUT2D eigenvalue weighted by molar-refractivity contribution is 7.80. The lowest BCUT2D eigenvalue weighted by Gasteiger charge is -2.09. The molecule has 0 aliphatic carbocycles. The minimum Gasteiger partial charge on any atom is -0.484 e. The smallest absolute Gasteiger partial charge is 0.273 e. The summed E-state index contributed by atoms with van der Waals surface area (Å²) in [5.41, 5.74) is 4.13. The fourth-order valence-corrected chi connectivity index (χ4v) is 2.71. The van der Waals surface area contributed by atoms with Gasteiger partial charge in [0.2, 0.25) is 0 Å². The predicted molar refractivity (Wildman–Crippen MR) is 108 cm³/mol. The monoisotopic (exact) mass is 381 g/mol. The summed E-state index contributed by atoms with van der Waals surface area (Å²) < 4.78 is 5.56. The molecule has 2 aromatic rings. The van der Waals surface area contributed by atoms with Crippen molar-refractivity contribution in [1.29, 1.82) is 0 Å². The van der Waals surface area contributed by atoms with Crippen molar-refractivity contribution in [3.05, 3.63) is 64.9 Å². The molecule has 1 saturated heterocycles. The van der Waals surface area contributed by atoms with Crippen molar-refractivity contribution >= 4 is 40.9 Å². The van der Waals surface area contributed by atoms with Crippen LogP contribution in [0, 0.1) is 13.8 Å². The van der Waals surface area contributed by atoms with Gasteiger partial charge in [0.25, 0.3) is 11.8 Å². The summed E-state index contributed by atoms with van der Waals surface area (Å²) in [7, 11) is 0. The molecular weight excluding hydrogens is 362 g/mol. The van der Waals surface area contributed by atoms with Crippen molar-refractivity contribution in [2.45, 2.75) is 13.8 Å². The summed E-state index contributed by atoms with van der Waals surface area (Å²) in [4.78, 5) is 23.8. The predicted octanol–water partition coefficient (Wildman–Crippen LogP) is 2.67. The number of anilines is 1. The number of carbonyl (C=O) groups excluding carboxylic acids is 2. The summed E-state index contributed by atoms with van der Waals surface area (Å²) in [6, 6.07) is 12.8. The summed E-state index contributed by atoms with van der Waals surface area (Å²) >= 11 is 4.90. The quantitative estimate of drug-likeness (QED) is 0.548. The van der Waals surface area contributed by atoms with E-state index in [2.05, 4.69) is 16.0 Å². The molecular formula is C20H19N3O3S. The molecule has 0 radical (unpaired) electrons. The molecule has 1 aliphatic rings. The fraction of sp³-hybridized carbons (Fsp3) is 0.150. The average Bonchev–Trinajstić information content (AvgIpc) is 2.94. The van der Waals surface area contributed by atoms with Crippen molar-refractivity contribution in [1.82, 2.24) is 10.6 Å². The lowest BCUT2D eigenvalue weighted by Crippen LogP contribution is -2.21. The van der Waals surface area contributed by atoms with E-state index in [1.165, 1.54) is 5.56 Å². The number of thiocarbonyl (C=S) groups is 1. The number of rotatable bonds is 5. The second kappa shape index (κ2) is 8.01. The number of hydrogen-bond acceptors (Lipinski definition) is 4. The van der Waals surface area contributed by atoms with Crippen LogP contribution in [0.25, 0.3) is 6.08 Å². The summed E-state index contributed by atoms with van der Waals surface area (Å²) in [5.74, 6) is 0.00357. The Hall–Kier alpha value is -3.19. The van der Waals surface area contributed by atoms with Gasteiger partial charge in [-0.05, 0) is 73.1 Å². The molecule has 0 spiro atoms. The van der Waals surface area contributed by atoms with E-state index in [4.69, 9.17) is 17.0 Å². The van der Waals surface area contributed by atoms with Gasteiger partial charge in [0.15, 0.2) is 11.7 Å². The van der Waals surface area contributed by atoms with Gasteiger partial charge in [-0.2, -0.15) is 0 Å². The van der Waals surface area contributed by atoms with E-state index < -0.39 is 0 Å². The lowest BCUT2D eigenvalue weighted by atomic mass is 10.1. The standard InChI is InChI=1S/C20H19N3O3S/c1-12-6-7-15(8-13(12)2)21-18(24)11-26-16-5-3-4-14(9-16)10-17-19(25)23-20(27)22-17/h3-10H,11H2,1-2H3,(H,21,24)(H2,22,23,25,27)/b17-10+. The van der Waals surface area contributed by atoms with Gasteiger partial charge < -0.3 is 15.4 Å². The number of hydrogen-bond donors (Lipinski definition) is 3.